The largest absolute Gasteiger partial charge is 0.513 e. The van der Waals surface area contributed by atoms with Gasteiger partial charge < -0.3 is 14.6 Å². The highest BCUT2D eigenvalue weighted by Crippen LogP contribution is 2.35. The summed E-state index contributed by atoms with van der Waals surface area (Å²) >= 11 is 0. The number of hydrogen-bond acceptors (Lipinski definition) is 7. The van der Waals surface area contributed by atoms with Crippen molar-refractivity contribution in [3.05, 3.63) is 57.8 Å². The highest BCUT2D eigenvalue weighted by atomic mass is 19.4. The zero-order valence-electron chi connectivity index (χ0n) is 13.8. The van der Waals surface area contributed by atoms with E-state index >= 15 is 0 Å². The lowest BCUT2D eigenvalue weighted by molar-refractivity contribution is -0.384. The minimum Gasteiger partial charge on any atom is -0.493 e. The third-order valence-electron chi connectivity index (χ3n) is 3.46. The maximum Gasteiger partial charge on any atom is 0.513 e. The number of nitro groups is 1. The van der Waals surface area contributed by atoms with Gasteiger partial charge in [-0.25, -0.2) is 9.78 Å². The van der Waals surface area contributed by atoms with Gasteiger partial charge in [0.15, 0.2) is 0 Å². The van der Waals surface area contributed by atoms with E-state index in [1.807, 2.05) is 0 Å². The van der Waals surface area contributed by atoms with Crippen LogP contribution in [-0.2, 0) is 10.9 Å². The molecule has 0 amide bonds. The fourth-order valence-electron chi connectivity index (χ4n) is 2.00. The zero-order valence-corrected chi connectivity index (χ0v) is 13.8. The number of hydrogen-bond donors (Lipinski definition) is 1. The van der Waals surface area contributed by atoms with E-state index in [1.54, 1.807) is 0 Å². The summed E-state index contributed by atoms with van der Waals surface area (Å²) in [6.45, 7) is 1.18. The average Bonchev–Trinajstić information content (AvgIpc) is 2.59. The van der Waals surface area contributed by atoms with Gasteiger partial charge in [-0.05, 0) is 23.8 Å². The van der Waals surface area contributed by atoms with E-state index < -0.39 is 34.6 Å². The zero-order chi connectivity index (χ0) is 20.2. The number of halogens is 3. The number of carbonyl (C=O) groups is 1. The Balaban J connectivity index is 1.96. The first-order valence-electron chi connectivity index (χ1n) is 7.43. The molecule has 144 valence electrons. The molecule has 0 saturated carbocycles. The molecule has 0 radical (unpaired) electrons. The molecule has 0 saturated heterocycles. The summed E-state index contributed by atoms with van der Waals surface area (Å²) in [7, 11) is 0. The summed E-state index contributed by atoms with van der Waals surface area (Å²) in [6, 6.07) is 5.38. The van der Waals surface area contributed by atoms with Crippen molar-refractivity contribution in [1.29, 1.82) is 0 Å². The average molecular weight is 386 g/mol. The van der Waals surface area contributed by atoms with E-state index in [0.29, 0.717) is 0 Å². The number of carbonyl (C=O) groups excluding carboxylic acids is 1. The lowest BCUT2D eigenvalue weighted by Crippen LogP contribution is -2.15. The SMILES string of the molecule is CC(COC(=O)Oc1ccc([N+](=O)[O-])cc1)c1cnc(O)c(C(F)(F)F)c1. The van der Waals surface area contributed by atoms with Crippen LogP contribution in [0.3, 0.4) is 0 Å². The number of nitro benzene ring substituents is 1. The van der Waals surface area contributed by atoms with Crippen molar-refractivity contribution in [3.8, 4) is 11.6 Å². The van der Waals surface area contributed by atoms with Crippen LogP contribution in [0.4, 0.5) is 23.7 Å². The van der Waals surface area contributed by atoms with Gasteiger partial charge in [0.25, 0.3) is 5.69 Å². The summed E-state index contributed by atoms with van der Waals surface area (Å²) in [4.78, 5) is 24.8. The molecule has 2 rings (SSSR count). The Morgan fingerprint density at radius 1 is 1.33 bits per heavy atom. The van der Waals surface area contributed by atoms with Gasteiger partial charge in [-0.3, -0.25) is 10.1 Å². The lowest BCUT2D eigenvalue weighted by atomic mass is 10.0. The molecule has 1 N–H and O–H groups in total. The van der Waals surface area contributed by atoms with Crippen LogP contribution in [0.25, 0.3) is 0 Å². The highest BCUT2D eigenvalue weighted by molar-refractivity contribution is 5.64. The molecule has 0 aliphatic rings. The second kappa shape index (κ2) is 7.89. The molecule has 0 bridgehead atoms. The first kappa shape index (κ1) is 19.9. The van der Waals surface area contributed by atoms with E-state index in [1.165, 1.54) is 19.1 Å². The van der Waals surface area contributed by atoms with Crippen LogP contribution in [-0.4, -0.2) is 27.8 Å². The highest BCUT2D eigenvalue weighted by Gasteiger charge is 2.35. The second-order valence-corrected chi connectivity index (χ2v) is 5.45. The molecule has 1 aromatic carbocycles. The topological polar surface area (TPSA) is 112 Å². The first-order chi connectivity index (χ1) is 12.6. The van der Waals surface area contributed by atoms with Crippen molar-refractivity contribution < 1.29 is 37.5 Å². The molecule has 11 heteroatoms. The summed E-state index contributed by atoms with van der Waals surface area (Å²) in [5.41, 5.74) is -1.38. The summed E-state index contributed by atoms with van der Waals surface area (Å²) < 4.78 is 48.0. The van der Waals surface area contributed by atoms with Gasteiger partial charge in [-0.2, -0.15) is 13.2 Å². The monoisotopic (exact) mass is 386 g/mol. The molecule has 27 heavy (non-hydrogen) atoms. The smallest absolute Gasteiger partial charge is 0.493 e. The standard InChI is InChI=1S/C16H13F3N2O6/c1-9(10-6-13(16(17,18)19)14(22)20-7-10)8-26-15(23)27-12-4-2-11(3-5-12)21(24)25/h2-7,9H,8H2,1H3,(H,20,22). The molecule has 0 aliphatic carbocycles. The summed E-state index contributed by atoms with van der Waals surface area (Å²) in [6.07, 6.45) is -4.86. The van der Waals surface area contributed by atoms with Crippen molar-refractivity contribution in [2.24, 2.45) is 0 Å². The maximum atomic E-state index is 12.8. The molecule has 1 atom stereocenters. The van der Waals surface area contributed by atoms with Gasteiger partial charge in [0.1, 0.15) is 17.9 Å². The lowest BCUT2D eigenvalue weighted by Gasteiger charge is -2.15. The Labute approximate surface area is 150 Å². The number of rotatable bonds is 5. The van der Waals surface area contributed by atoms with Gasteiger partial charge in [-0.15, -0.1) is 0 Å². The minimum absolute atomic E-state index is 0.00362. The molecular weight excluding hydrogens is 373 g/mol. The first-order valence-corrected chi connectivity index (χ1v) is 7.43. The number of aromatic hydroxyl groups is 1. The van der Waals surface area contributed by atoms with Crippen molar-refractivity contribution in [2.75, 3.05) is 6.61 Å². The molecule has 2 aromatic rings. The van der Waals surface area contributed by atoms with Gasteiger partial charge in [0, 0.05) is 24.2 Å². The number of nitrogens with zero attached hydrogens (tertiary/aromatic N) is 2. The van der Waals surface area contributed by atoms with Crippen LogP contribution in [0.2, 0.25) is 0 Å². The van der Waals surface area contributed by atoms with E-state index in [-0.39, 0.29) is 23.6 Å². The van der Waals surface area contributed by atoms with Crippen LogP contribution >= 0.6 is 0 Å². The Bertz CT molecular complexity index is 839. The van der Waals surface area contributed by atoms with Crippen LogP contribution in [0.5, 0.6) is 11.6 Å². The number of non-ortho nitro benzene ring substituents is 1. The van der Waals surface area contributed by atoms with Gasteiger partial charge in [0.05, 0.1) is 4.92 Å². The van der Waals surface area contributed by atoms with Crippen LogP contribution in [0.1, 0.15) is 24.0 Å². The third kappa shape index (κ3) is 5.30. The molecule has 8 nitrogen and oxygen atoms in total. The second-order valence-electron chi connectivity index (χ2n) is 5.45. The third-order valence-corrected chi connectivity index (χ3v) is 3.46. The molecule has 0 aliphatic heterocycles. The summed E-state index contributed by atoms with van der Waals surface area (Å²) in [5, 5.41) is 19.7. The van der Waals surface area contributed by atoms with E-state index in [9.17, 15) is 33.2 Å². The Hall–Kier alpha value is -3.37. The van der Waals surface area contributed by atoms with Gasteiger partial charge >= 0.3 is 12.3 Å². The van der Waals surface area contributed by atoms with Gasteiger partial charge in [0.2, 0.25) is 5.88 Å². The van der Waals surface area contributed by atoms with Crippen LogP contribution in [0, 0.1) is 10.1 Å². The van der Waals surface area contributed by atoms with Crippen LogP contribution < -0.4 is 4.74 Å². The van der Waals surface area contributed by atoms with Crippen LogP contribution in [0.15, 0.2) is 36.5 Å². The fourth-order valence-corrected chi connectivity index (χ4v) is 2.00. The molecule has 1 heterocycles. The predicted octanol–water partition coefficient (Wildman–Crippen LogP) is 4.03. The summed E-state index contributed by atoms with van der Waals surface area (Å²) in [5.74, 6) is -1.80. The molecular formula is C16H13F3N2O6. The molecule has 1 unspecified atom stereocenters. The quantitative estimate of drug-likeness (QED) is 0.357. The van der Waals surface area contributed by atoms with E-state index in [2.05, 4.69) is 4.98 Å². The number of ether oxygens (including phenoxy) is 2. The number of alkyl halides is 3. The Morgan fingerprint density at radius 3 is 2.52 bits per heavy atom. The van der Waals surface area contributed by atoms with E-state index in [0.717, 1.165) is 24.4 Å². The molecule has 1 aromatic heterocycles. The predicted molar refractivity (Wildman–Crippen MR) is 84.4 cm³/mol. The number of aromatic nitrogens is 1. The van der Waals surface area contributed by atoms with E-state index in [4.69, 9.17) is 9.47 Å². The van der Waals surface area contributed by atoms with Crippen molar-refractivity contribution in [2.45, 2.75) is 19.0 Å². The van der Waals surface area contributed by atoms with Crippen molar-refractivity contribution >= 4 is 11.8 Å². The van der Waals surface area contributed by atoms with Crippen molar-refractivity contribution in [1.82, 2.24) is 4.98 Å². The molecule has 0 fully saturated rings. The minimum atomic E-state index is -4.78. The normalized spacial score (nSPS) is 12.3. The Kier molecular flexibility index (Phi) is 5.83. The van der Waals surface area contributed by atoms with Gasteiger partial charge in [-0.1, -0.05) is 6.92 Å². The van der Waals surface area contributed by atoms with Crippen molar-refractivity contribution in [3.63, 3.8) is 0 Å². The fraction of sp³-hybridized carbons (Fsp3) is 0.250. The number of benzene rings is 1. The molecule has 0 spiro atoms. The maximum absolute atomic E-state index is 12.8. The Morgan fingerprint density at radius 2 is 1.96 bits per heavy atom. The number of pyridine rings is 1.